The lowest BCUT2D eigenvalue weighted by molar-refractivity contribution is -0.150. The number of nitrogens with zero attached hydrogens (tertiary/aromatic N) is 1. The highest BCUT2D eigenvalue weighted by molar-refractivity contribution is 5.69. The number of carbonyl (C=O) groups excluding carboxylic acids is 2. The minimum Gasteiger partial charge on any atom is -0.466 e. The quantitative estimate of drug-likeness (QED) is 0.0496. The van der Waals surface area contributed by atoms with Gasteiger partial charge in [-0.2, -0.15) is 0 Å². The van der Waals surface area contributed by atoms with Crippen LogP contribution in [0, 0.1) is 0 Å². The maximum absolute atomic E-state index is 12.8. The number of aliphatic hydroxyl groups is 1. The van der Waals surface area contributed by atoms with Gasteiger partial charge >= 0.3 is 11.9 Å². The van der Waals surface area contributed by atoms with E-state index in [1.807, 2.05) is 0 Å². The third-order valence-corrected chi connectivity index (χ3v) is 10.7. The molecule has 0 heterocycles. The highest BCUT2D eigenvalue weighted by Gasteiger charge is 2.15. The summed E-state index contributed by atoms with van der Waals surface area (Å²) in [5.41, 5.74) is 0. The van der Waals surface area contributed by atoms with Crippen LogP contribution >= 0.6 is 0 Å². The Bertz CT molecular complexity index is 712. The fraction of sp³-hybridized carbons (Fsp3) is 0.957. The van der Waals surface area contributed by atoms with Crippen molar-refractivity contribution in [3.63, 3.8) is 0 Å². The Balaban J connectivity index is 4.12. The van der Waals surface area contributed by atoms with Crippen molar-refractivity contribution in [3.05, 3.63) is 0 Å². The summed E-state index contributed by atoms with van der Waals surface area (Å²) in [4.78, 5) is 27.3. The molecule has 0 aromatic heterocycles. The van der Waals surface area contributed by atoms with Crippen LogP contribution in [0.25, 0.3) is 0 Å². The van der Waals surface area contributed by atoms with Crippen molar-refractivity contribution in [3.8, 4) is 0 Å². The number of hydrogen-bond donors (Lipinski definition) is 1. The number of carbonyl (C=O) groups is 2. The highest BCUT2D eigenvalue weighted by atomic mass is 16.5. The summed E-state index contributed by atoms with van der Waals surface area (Å²) in [6.07, 6.45) is 41.3. The third-order valence-electron chi connectivity index (χ3n) is 10.7. The molecule has 0 aliphatic carbocycles. The zero-order chi connectivity index (χ0) is 38.0. The van der Waals surface area contributed by atoms with E-state index in [1.54, 1.807) is 0 Å². The molecule has 0 saturated heterocycles. The summed E-state index contributed by atoms with van der Waals surface area (Å²) in [5.74, 6) is -0.0685. The SMILES string of the molecule is CCCCCCCCCCCOC(=O)CCCCCN(CCO)CCCCCC(=O)OC(CCCCCCCCCC)CCCCCCCCCC. The summed E-state index contributed by atoms with van der Waals surface area (Å²) in [6, 6.07) is 0. The molecule has 0 atom stereocenters. The van der Waals surface area contributed by atoms with Crippen LogP contribution in [0.3, 0.4) is 0 Å². The molecule has 0 spiro atoms. The summed E-state index contributed by atoms with van der Waals surface area (Å²) in [5, 5.41) is 9.57. The topological polar surface area (TPSA) is 76.1 Å². The van der Waals surface area contributed by atoms with Crippen LogP contribution in [0.4, 0.5) is 0 Å². The first kappa shape index (κ1) is 50.9. The number of aliphatic hydroxyl groups excluding tert-OH is 1. The lowest BCUT2D eigenvalue weighted by Gasteiger charge is -2.21. The van der Waals surface area contributed by atoms with Crippen molar-refractivity contribution in [1.82, 2.24) is 4.90 Å². The van der Waals surface area contributed by atoms with E-state index in [0.717, 1.165) is 77.3 Å². The second kappa shape index (κ2) is 42.6. The maximum Gasteiger partial charge on any atom is 0.306 e. The average Bonchev–Trinajstić information content (AvgIpc) is 3.14. The molecular weight excluding hydrogens is 647 g/mol. The van der Waals surface area contributed by atoms with Gasteiger partial charge in [0.25, 0.3) is 0 Å². The molecule has 0 rings (SSSR count). The van der Waals surface area contributed by atoms with Gasteiger partial charge in [0.05, 0.1) is 13.2 Å². The molecule has 52 heavy (non-hydrogen) atoms. The van der Waals surface area contributed by atoms with E-state index in [1.165, 1.54) is 148 Å². The molecule has 0 fully saturated rings. The van der Waals surface area contributed by atoms with Crippen molar-refractivity contribution in [2.24, 2.45) is 0 Å². The predicted octanol–water partition coefficient (Wildman–Crippen LogP) is 13.4. The Labute approximate surface area is 324 Å². The van der Waals surface area contributed by atoms with Gasteiger partial charge in [0.2, 0.25) is 0 Å². The molecule has 0 aromatic carbocycles. The fourth-order valence-electron chi connectivity index (χ4n) is 7.23. The van der Waals surface area contributed by atoms with Crippen molar-refractivity contribution in [2.45, 2.75) is 252 Å². The summed E-state index contributed by atoms with van der Waals surface area (Å²) >= 11 is 0. The zero-order valence-corrected chi connectivity index (χ0v) is 35.4. The normalized spacial score (nSPS) is 11.6. The van der Waals surface area contributed by atoms with E-state index < -0.39 is 0 Å². The van der Waals surface area contributed by atoms with E-state index >= 15 is 0 Å². The van der Waals surface area contributed by atoms with Gasteiger partial charge < -0.3 is 19.5 Å². The molecule has 0 unspecified atom stereocenters. The van der Waals surface area contributed by atoms with Crippen LogP contribution in [-0.4, -0.2) is 60.9 Å². The first-order chi connectivity index (χ1) is 25.6. The number of rotatable bonds is 43. The maximum atomic E-state index is 12.8. The van der Waals surface area contributed by atoms with Gasteiger partial charge in [-0.05, 0) is 70.9 Å². The molecule has 0 bridgehead atoms. The number of hydrogen-bond acceptors (Lipinski definition) is 6. The minimum absolute atomic E-state index is 0.0111. The summed E-state index contributed by atoms with van der Waals surface area (Å²) in [6.45, 7) is 10.1. The Hall–Kier alpha value is -1.14. The van der Waals surface area contributed by atoms with Crippen LogP contribution in [-0.2, 0) is 19.1 Å². The molecule has 0 radical (unpaired) electrons. The van der Waals surface area contributed by atoms with E-state index in [-0.39, 0.29) is 24.6 Å². The van der Waals surface area contributed by atoms with Crippen LogP contribution in [0.2, 0.25) is 0 Å². The molecule has 310 valence electrons. The van der Waals surface area contributed by atoms with Crippen LogP contribution in [0.15, 0.2) is 0 Å². The van der Waals surface area contributed by atoms with Crippen molar-refractivity contribution >= 4 is 11.9 Å². The lowest BCUT2D eigenvalue weighted by atomic mass is 10.0. The van der Waals surface area contributed by atoms with Crippen LogP contribution in [0.1, 0.15) is 245 Å². The lowest BCUT2D eigenvalue weighted by Crippen LogP contribution is -2.29. The molecule has 6 heteroatoms. The molecule has 0 aromatic rings. The monoisotopic (exact) mass is 738 g/mol. The van der Waals surface area contributed by atoms with Gasteiger partial charge in [-0.15, -0.1) is 0 Å². The Kier molecular flexibility index (Phi) is 41.7. The van der Waals surface area contributed by atoms with E-state index in [0.29, 0.717) is 26.0 Å². The average molecular weight is 738 g/mol. The number of esters is 2. The Morgan fingerprint density at radius 2 is 0.808 bits per heavy atom. The molecular formula is C46H91NO5. The highest BCUT2D eigenvalue weighted by Crippen LogP contribution is 2.19. The Morgan fingerprint density at radius 1 is 0.442 bits per heavy atom. The first-order valence-electron chi connectivity index (χ1n) is 23.3. The first-order valence-corrected chi connectivity index (χ1v) is 23.3. The second-order valence-electron chi connectivity index (χ2n) is 15.9. The second-order valence-corrected chi connectivity index (χ2v) is 15.9. The van der Waals surface area contributed by atoms with Crippen molar-refractivity contribution < 1.29 is 24.2 Å². The van der Waals surface area contributed by atoms with Crippen LogP contribution in [0.5, 0.6) is 0 Å². The molecule has 0 saturated carbocycles. The largest absolute Gasteiger partial charge is 0.466 e. The summed E-state index contributed by atoms with van der Waals surface area (Å²) < 4.78 is 11.5. The smallest absolute Gasteiger partial charge is 0.306 e. The number of ether oxygens (including phenoxy) is 2. The standard InChI is InChI=1S/C46H91NO5/c1-4-7-10-13-16-19-22-25-34-43-51-45(49)37-30-26-32-39-47(41-42-48)40-33-27-31-38-46(50)52-44(35-28-23-20-17-14-11-8-5-2)36-29-24-21-18-15-12-9-6-3/h44,48H,4-43H2,1-3H3. The van der Waals surface area contributed by atoms with Gasteiger partial charge in [-0.25, -0.2) is 0 Å². The molecule has 0 aliphatic heterocycles. The van der Waals surface area contributed by atoms with E-state index in [4.69, 9.17) is 9.47 Å². The number of unbranched alkanes of at least 4 members (excludes halogenated alkanes) is 26. The Morgan fingerprint density at radius 3 is 1.23 bits per heavy atom. The predicted molar refractivity (Wildman–Crippen MR) is 223 cm³/mol. The molecule has 0 aliphatic rings. The van der Waals surface area contributed by atoms with E-state index in [9.17, 15) is 14.7 Å². The molecule has 1 N–H and O–H groups in total. The molecule has 6 nitrogen and oxygen atoms in total. The van der Waals surface area contributed by atoms with Gasteiger partial charge in [-0.3, -0.25) is 9.59 Å². The minimum atomic E-state index is -0.0574. The third kappa shape index (κ3) is 38.6. The van der Waals surface area contributed by atoms with Gasteiger partial charge in [0, 0.05) is 19.4 Å². The van der Waals surface area contributed by atoms with E-state index in [2.05, 4.69) is 25.7 Å². The van der Waals surface area contributed by atoms with Gasteiger partial charge in [-0.1, -0.05) is 175 Å². The van der Waals surface area contributed by atoms with Crippen molar-refractivity contribution in [1.29, 1.82) is 0 Å². The van der Waals surface area contributed by atoms with Crippen molar-refractivity contribution in [2.75, 3.05) is 32.8 Å². The summed E-state index contributed by atoms with van der Waals surface area (Å²) in [7, 11) is 0. The molecule has 0 amide bonds. The van der Waals surface area contributed by atoms with Gasteiger partial charge in [0.15, 0.2) is 0 Å². The fourth-order valence-corrected chi connectivity index (χ4v) is 7.23. The van der Waals surface area contributed by atoms with Crippen LogP contribution < -0.4 is 0 Å². The van der Waals surface area contributed by atoms with Gasteiger partial charge in [0.1, 0.15) is 6.10 Å². The zero-order valence-electron chi connectivity index (χ0n) is 35.4.